The Morgan fingerprint density at radius 2 is 1.88 bits per heavy atom. The molecule has 0 aliphatic carbocycles. The van der Waals surface area contributed by atoms with Crippen LogP contribution in [0.2, 0.25) is 0 Å². The van der Waals surface area contributed by atoms with Crippen LogP contribution in [0.1, 0.15) is 43.6 Å². The van der Waals surface area contributed by atoms with Crippen LogP contribution in [-0.4, -0.2) is 66.8 Å². The van der Waals surface area contributed by atoms with Crippen molar-refractivity contribution in [1.29, 1.82) is 0 Å². The highest BCUT2D eigenvalue weighted by Crippen LogP contribution is 2.27. The molecule has 3 rings (SSSR count). The molecule has 2 N–H and O–H groups in total. The Morgan fingerprint density at radius 1 is 1.12 bits per heavy atom. The molecule has 0 spiro atoms. The lowest BCUT2D eigenvalue weighted by Crippen LogP contribution is -2.45. The summed E-state index contributed by atoms with van der Waals surface area (Å²) in [5.41, 5.74) is 1.40. The first-order chi connectivity index (χ1) is 12.8. The summed E-state index contributed by atoms with van der Waals surface area (Å²) in [4.78, 5) is 16.7. The molecule has 144 valence electrons. The summed E-state index contributed by atoms with van der Waals surface area (Å²) in [6, 6.07) is 10.7. The van der Waals surface area contributed by atoms with Crippen LogP contribution < -0.4 is 5.32 Å². The van der Waals surface area contributed by atoms with E-state index in [0.717, 1.165) is 65.0 Å². The SMILES string of the molecule is O=C(NCCCN1CCC[C@H](CO)C1)N1CCC(c2ccccc2)CC1. The summed E-state index contributed by atoms with van der Waals surface area (Å²) in [7, 11) is 0. The average Bonchev–Trinajstić information content (AvgIpc) is 2.72. The lowest BCUT2D eigenvalue weighted by molar-refractivity contribution is 0.119. The van der Waals surface area contributed by atoms with Gasteiger partial charge >= 0.3 is 6.03 Å². The van der Waals surface area contributed by atoms with Gasteiger partial charge in [0.1, 0.15) is 0 Å². The third-order valence-electron chi connectivity index (χ3n) is 5.84. The number of likely N-dealkylation sites (tertiary alicyclic amines) is 2. The normalized spacial score (nSPS) is 22.3. The molecule has 2 aliphatic rings. The monoisotopic (exact) mass is 359 g/mol. The molecular weight excluding hydrogens is 326 g/mol. The Balaban J connectivity index is 1.31. The van der Waals surface area contributed by atoms with Crippen LogP contribution in [0.25, 0.3) is 0 Å². The quantitative estimate of drug-likeness (QED) is 0.768. The van der Waals surface area contributed by atoms with E-state index in [2.05, 4.69) is 40.5 Å². The van der Waals surface area contributed by atoms with E-state index in [1.807, 2.05) is 4.90 Å². The van der Waals surface area contributed by atoms with Gasteiger partial charge in [-0.2, -0.15) is 0 Å². The van der Waals surface area contributed by atoms with Gasteiger partial charge in [0, 0.05) is 32.8 Å². The van der Waals surface area contributed by atoms with Crippen LogP contribution in [0.4, 0.5) is 4.79 Å². The molecule has 2 saturated heterocycles. The number of hydrogen-bond acceptors (Lipinski definition) is 3. The van der Waals surface area contributed by atoms with E-state index in [-0.39, 0.29) is 6.03 Å². The van der Waals surface area contributed by atoms with Crippen molar-refractivity contribution in [2.75, 3.05) is 45.9 Å². The van der Waals surface area contributed by atoms with Gasteiger partial charge in [-0.3, -0.25) is 0 Å². The van der Waals surface area contributed by atoms with Crippen molar-refractivity contribution < 1.29 is 9.90 Å². The Bertz CT molecular complexity index is 543. The maximum absolute atomic E-state index is 12.4. The molecule has 2 fully saturated rings. The fourth-order valence-corrected chi connectivity index (χ4v) is 4.25. The van der Waals surface area contributed by atoms with E-state index in [9.17, 15) is 9.90 Å². The first-order valence-electron chi connectivity index (χ1n) is 10.2. The summed E-state index contributed by atoms with van der Waals surface area (Å²) in [5, 5.41) is 12.4. The Labute approximate surface area is 157 Å². The van der Waals surface area contributed by atoms with Crippen molar-refractivity contribution >= 4 is 6.03 Å². The number of aliphatic hydroxyl groups is 1. The van der Waals surface area contributed by atoms with Crippen LogP contribution in [0.15, 0.2) is 30.3 Å². The number of amides is 2. The number of carbonyl (C=O) groups excluding carboxylic acids is 1. The molecule has 0 unspecified atom stereocenters. The van der Waals surface area contributed by atoms with E-state index in [4.69, 9.17) is 0 Å². The molecule has 2 heterocycles. The van der Waals surface area contributed by atoms with Crippen molar-refractivity contribution in [2.24, 2.45) is 5.92 Å². The van der Waals surface area contributed by atoms with Gasteiger partial charge < -0.3 is 20.2 Å². The van der Waals surface area contributed by atoms with Gasteiger partial charge in [0.15, 0.2) is 0 Å². The van der Waals surface area contributed by atoms with Crippen molar-refractivity contribution in [3.63, 3.8) is 0 Å². The number of hydrogen-bond donors (Lipinski definition) is 2. The van der Waals surface area contributed by atoms with E-state index >= 15 is 0 Å². The Hall–Kier alpha value is -1.59. The zero-order valence-corrected chi connectivity index (χ0v) is 15.8. The number of rotatable bonds is 6. The van der Waals surface area contributed by atoms with Gasteiger partial charge in [-0.25, -0.2) is 4.79 Å². The van der Waals surface area contributed by atoms with Gasteiger partial charge in [-0.1, -0.05) is 30.3 Å². The summed E-state index contributed by atoms with van der Waals surface area (Å²) in [6.45, 7) is 5.84. The zero-order chi connectivity index (χ0) is 18.2. The van der Waals surface area contributed by atoms with Gasteiger partial charge in [0.05, 0.1) is 0 Å². The summed E-state index contributed by atoms with van der Waals surface area (Å²) < 4.78 is 0. The molecule has 0 saturated carbocycles. The second-order valence-corrected chi connectivity index (χ2v) is 7.75. The minimum absolute atomic E-state index is 0.0865. The molecule has 2 aliphatic heterocycles. The van der Waals surface area contributed by atoms with Crippen molar-refractivity contribution in [1.82, 2.24) is 15.1 Å². The highest BCUT2D eigenvalue weighted by Gasteiger charge is 2.23. The standard InChI is InChI=1S/C21H33N3O2/c25-17-18-6-4-12-23(16-18)13-5-11-22-21(26)24-14-9-20(10-15-24)19-7-2-1-3-8-19/h1-3,7-8,18,20,25H,4-6,9-17H2,(H,22,26)/t18-/m0/s1. The van der Waals surface area contributed by atoms with E-state index in [1.54, 1.807) is 0 Å². The molecule has 1 aromatic carbocycles. The molecule has 1 aromatic rings. The number of carbonyl (C=O) groups is 1. The first kappa shape index (κ1) is 19.2. The molecule has 5 heteroatoms. The second-order valence-electron chi connectivity index (χ2n) is 7.75. The molecule has 2 amide bonds. The summed E-state index contributed by atoms with van der Waals surface area (Å²) in [6.07, 6.45) is 5.39. The number of urea groups is 1. The van der Waals surface area contributed by atoms with Gasteiger partial charge in [0.2, 0.25) is 0 Å². The highest BCUT2D eigenvalue weighted by atomic mass is 16.3. The fraction of sp³-hybridized carbons (Fsp3) is 0.667. The molecule has 0 bridgehead atoms. The zero-order valence-electron chi connectivity index (χ0n) is 15.8. The van der Waals surface area contributed by atoms with Crippen molar-refractivity contribution in [3.05, 3.63) is 35.9 Å². The number of aliphatic hydroxyl groups excluding tert-OH is 1. The first-order valence-corrected chi connectivity index (χ1v) is 10.2. The van der Waals surface area contributed by atoms with Gasteiger partial charge in [0.25, 0.3) is 0 Å². The van der Waals surface area contributed by atoms with Gasteiger partial charge in [-0.05, 0) is 62.6 Å². The smallest absolute Gasteiger partial charge is 0.317 e. The number of nitrogens with zero attached hydrogens (tertiary/aromatic N) is 2. The molecule has 0 aromatic heterocycles. The Morgan fingerprint density at radius 3 is 2.62 bits per heavy atom. The van der Waals surface area contributed by atoms with Crippen LogP contribution in [0.5, 0.6) is 0 Å². The van der Waals surface area contributed by atoms with E-state index < -0.39 is 0 Å². The van der Waals surface area contributed by atoms with Crippen LogP contribution in [0.3, 0.4) is 0 Å². The van der Waals surface area contributed by atoms with E-state index in [0.29, 0.717) is 18.4 Å². The van der Waals surface area contributed by atoms with Gasteiger partial charge in [-0.15, -0.1) is 0 Å². The number of nitrogens with one attached hydrogen (secondary N) is 1. The average molecular weight is 360 g/mol. The van der Waals surface area contributed by atoms with Crippen molar-refractivity contribution in [3.8, 4) is 0 Å². The minimum Gasteiger partial charge on any atom is -0.396 e. The number of piperidine rings is 2. The lowest BCUT2D eigenvalue weighted by Gasteiger charge is -2.33. The maximum Gasteiger partial charge on any atom is 0.317 e. The van der Waals surface area contributed by atoms with Crippen LogP contribution in [-0.2, 0) is 0 Å². The molecular formula is C21H33N3O2. The third-order valence-corrected chi connectivity index (χ3v) is 5.84. The molecule has 0 radical (unpaired) electrons. The summed E-state index contributed by atoms with van der Waals surface area (Å²) >= 11 is 0. The van der Waals surface area contributed by atoms with Crippen LogP contribution in [0, 0.1) is 5.92 Å². The molecule has 26 heavy (non-hydrogen) atoms. The predicted octanol–water partition coefficient (Wildman–Crippen LogP) is 2.67. The van der Waals surface area contributed by atoms with E-state index in [1.165, 1.54) is 12.0 Å². The molecule has 5 nitrogen and oxygen atoms in total. The second kappa shape index (κ2) is 9.93. The minimum atomic E-state index is 0.0865. The van der Waals surface area contributed by atoms with Crippen LogP contribution >= 0.6 is 0 Å². The summed E-state index contributed by atoms with van der Waals surface area (Å²) in [5.74, 6) is 1.02. The largest absolute Gasteiger partial charge is 0.396 e. The fourth-order valence-electron chi connectivity index (χ4n) is 4.25. The topological polar surface area (TPSA) is 55.8 Å². The highest BCUT2D eigenvalue weighted by molar-refractivity contribution is 5.74. The predicted molar refractivity (Wildman–Crippen MR) is 104 cm³/mol. The molecule has 1 atom stereocenters. The maximum atomic E-state index is 12.4. The third kappa shape index (κ3) is 5.45. The Kier molecular flexibility index (Phi) is 7.32. The lowest BCUT2D eigenvalue weighted by atomic mass is 9.90. The number of benzene rings is 1. The van der Waals surface area contributed by atoms with Crippen molar-refractivity contribution in [2.45, 2.75) is 38.0 Å².